The Morgan fingerprint density at radius 3 is 1.45 bits per heavy atom. The molecule has 0 aliphatic rings. The second-order valence-electron chi connectivity index (χ2n) is 20.2. The van der Waals surface area contributed by atoms with Gasteiger partial charge in [-0.3, -0.25) is 0 Å². The van der Waals surface area contributed by atoms with Gasteiger partial charge in [0, 0.05) is 88.5 Å². The number of phenols is 1. The first kappa shape index (κ1) is 67.1. The van der Waals surface area contributed by atoms with Crippen molar-refractivity contribution in [2.24, 2.45) is 0 Å². The predicted octanol–water partition coefficient (Wildman–Crippen LogP) is 9.92. The van der Waals surface area contributed by atoms with Crippen molar-refractivity contribution in [3.05, 3.63) is 130 Å². The lowest BCUT2D eigenvalue weighted by Crippen LogP contribution is -2.24. The van der Waals surface area contributed by atoms with Crippen LogP contribution in [0.4, 0.5) is 17.6 Å². The maximum absolute atomic E-state index is 14.4. The van der Waals surface area contributed by atoms with Gasteiger partial charge in [-0.2, -0.15) is 25.1 Å². The molecule has 1 N–H and O–H groups in total. The summed E-state index contributed by atoms with van der Waals surface area (Å²) < 4.78 is 150. The first-order valence-electron chi connectivity index (χ1n) is 25.9. The molecule has 0 saturated carbocycles. The van der Waals surface area contributed by atoms with Gasteiger partial charge >= 0.3 is 6.01 Å². The number of sulfonamides is 2. The fourth-order valence-electron chi connectivity index (χ4n) is 7.75. The minimum absolute atomic E-state index is 0.0146. The van der Waals surface area contributed by atoms with Gasteiger partial charge in [-0.25, -0.2) is 65.8 Å². The normalized spacial score (nSPS) is 12.1. The lowest BCUT2D eigenvalue weighted by molar-refractivity contribution is 0.0719. The molecular weight excluding hydrogens is 1240 g/mol. The quantitative estimate of drug-likeness (QED) is 0.0271. The largest absolute Gasteiger partial charge is 0.505 e. The van der Waals surface area contributed by atoms with Gasteiger partial charge in [0.2, 0.25) is 35.0 Å². The van der Waals surface area contributed by atoms with Crippen LogP contribution in [0.25, 0.3) is 44.6 Å². The molecule has 0 fully saturated rings. The van der Waals surface area contributed by atoms with Crippen LogP contribution in [-0.2, 0) is 64.3 Å². The van der Waals surface area contributed by atoms with Crippen LogP contribution < -0.4 is 4.74 Å². The van der Waals surface area contributed by atoms with E-state index in [2.05, 4.69) is 51.2 Å². The van der Waals surface area contributed by atoms with Crippen LogP contribution in [-0.4, -0.2) is 144 Å². The molecule has 31 heteroatoms. The number of fused-ring (bicyclic) bond motifs is 2. The van der Waals surface area contributed by atoms with Gasteiger partial charge < -0.3 is 19.3 Å². The highest BCUT2D eigenvalue weighted by atomic mass is 35.5. The molecule has 20 nitrogen and oxygen atoms in total. The molecule has 0 bridgehead atoms. The summed E-state index contributed by atoms with van der Waals surface area (Å²) in [6, 6.07) is 21.3. The Kier molecular flexibility index (Phi) is 23.5. The van der Waals surface area contributed by atoms with Crippen molar-refractivity contribution in [1.82, 2.24) is 48.1 Å². The average molecular weight is 1300 g/mol. The molecule has 8 aromatic rings. The standard InChI is InChI=1S/C26H30ClF2N5O4SSi.C21H30ClN5O5S2Si.C6H4F2O/c1-33(2)39(35,36)15-21-23-24(18-8-5-6-9-19(18)27)32-34(16-37-12-7-13-40(3)4)25(23)31-26(30-21)38-22-11-10-17(28)14-20(22)29;1-26(2)34(30,31)13-17-18-19(15-9-6-7-10-16(15)22)25-27(14-32-11-8-12-35(4)5)20(18)24-21(23-17)33(3,28)29;7-4-1-2-6(9)5(8)3-4/h5-6,8-11,14,40H,7,12-13,15-16H2,1-4H3;6-7,9-10,35H,8,11-14H2,1-5H3;1-3,9H. The highest BCUT2D eigenvalue weighted by Crippen LogP contribution is 2.38. The molecule has 0 radical (unpaired) electrons. The third kappa shape index (κ3) is 18.0. The van der Waals surface area contributed by atoms with Gasteiger partial charge in [0.05, 0.1) is 32.2 Å². The number of hydrogen-bond acceptors (Lipinski definition) is 16. The average Bonchev–Trinajstić information content (AvgIpc) is 2.65. The Morgan fingerprint density at radius 1 is 0.595 bits per heavy atom. The molecule has 0 spiro atoms. The second kappa shape index (κ2) is 29.4. The van der Waals surface area contributed by atoms with Gasteiger partial charge in [0.25, 0.3) is 0 Å². The lowest BCUT2D eigenvalue weighted by Gasteiger charge is -2.13. The Balaban J connectivity index is 0.000000236. The molecule has 0 unspecified atom stereocenters. The molecular formula is C53H64Cl2F4N10O10S3Si2. The second-order valence-corrected chi connectivity index (χ2v) is 34.0. The summed E-state index contributed by atoms with van der Waals surface area (Å²) in [5.41, 5.74) is 2.28. The van der Waals surface area contributed by atoms with Crippen molar-refractivity contribution in [2.75, 3.05) is 47.7 Å². The summed E-state index contributed by atoms with van der Waals surface area (Å²) in [5.74, 6) is -5.29. The van der Waals surface area contributed by atoms with Crippen LogP contribution in [0.15, 0.2) is 90.1 Å². The summed E-state index contributed by atoms with van der Waals surface area (Å²) in [6.45, 7) is 10.1. The molecule has 0 saturated heterocycles. The van der Waals surface area contributed by atoms with E-state index in [0.29, 0.717) is 68.7 Å². The molecule has 4 heterocycles. The smallest absolute Gasteiger partial charge is 0.324 e. The highest BCUT2D eigenvalue weighted by Gasteiger charge is 2.29. The minimum atomic E-state index is -3.85. The van der Waals surface area contributed by atoms with E-state index in [0.717, 1.165) is 64.1 Å². The molecule has 0 atom stereocenters. The monoisotopic (exact) mass is 1300 g/mol. The topological polar surface area (TPSA) is 244 Å². The number of phenolic OH excluding ortho intramolecular Hbond substituents is 1. The van der Waals surface area contributed by atoms with Crippen LogP contribution in [0.1, 0.15) is 24.2 Å². The minimum Gasteiger partial charge on any atom is -0.505 e. The zero-order valence-electron chi connectivity index (χ0n) is 47.4. The number of ether oxygens (including phenoxy) is 3. The Hall–Kier alpha value is -6.00. The lowest BCUT2D eigenvalue weighted by atomic mass is 10.1. The summed E-state index contributed by atoms with van der Waals surface area (Å²) in [6.07, 6.45) is 2.79. The van der Waals surface area contributed by atoms with E-state index in [1.54, 1.807) is 48.5 Å². The van der Waals surface area contributed by atoms with Gasteiger partial charge in [-0.1, -0.05) is 97.9 Å². The zero-order valence-corrected chi connectivity index (χ0v) is 53.7. The van der Waals surface area contributed by atoms with Crippen molar-refractivity contribution in [1.29, 1.82) is 0 Å². The third-order valence-electron chi connectivity index (χ3n) is 12.2. The molecule has 84 heavy (non-hydrogen) atoms. The SMILES string of the molecule is CN(C)S(=O)(=O)Cc1nc(Oc2ccc(F)cc2F)nc2c1c(-c1ccccc1Cl)nn2COCCC[SiH](C)C.CN(C)S(=O)(=O)Cc1nc(S(C)(=O)=O)nc2c1c(-c1ccccc1Cl)nn2COCCC[SiH](C)C.Oc1ccc(F)cc1F. The Labute approximate surface area is 498 Å². The predicted molar refractivity (Wildman–Crippen MR) is 320 cm³/mol. The van der Waals surface area contributed by atoms with Gasteiger partial charge in [-0.15, -0.1) is 0 Å². The molecule has 4 aromatic heterocycles. The number of aromatic nitrogens is 8. The van der Waals surface area contributed by atoms with Crippen LogP contribution in [0.2, 0.25) is 48.3 Å². The van der Waals surface area contributed by atoms with E-state index in [4.69, 9.17) is 47.6 Å². The number of aromatic hydroxyl groups is 1. The summed E-state index contributed by atoms with van der Waals surface area (Å²) in [4.78, 5) is 17.2. The maximum atomic E-state index is 14.4. The summed E-state index contributed by atoms with van der Waals surface area (Å²) in [7, 11) is -7.25. The molecule has 4 aromatic carbocycles. The van der Waals surface area contributed by atoms with Crippen molar-refractivity contribution in [2.45, 2.75) is 81.2 Å². The zero-order chi connectivity index (χ0) is 61.8. The number of benzene rings is 4. The molecule has 0 aliphatic heterocycles. The van der Waals surface area contributed by atoms with Crippen LogP contribution in [0.3, 0.4) is 0 Å². The van der Waals surface area contributed by atoms with Crippen molar-refractivity contribution >= 4 is 92.7 Å². The molecule has 8 rings (SSSR count). The highest BCUT2D eigenvalue weighted by molar-refractivity contribution is 7.90. The van der Waals surface area contributed by atoms with Gasteiger partial charge in [0.1, 0.15) is 48.0 Å². The fourth-order valence-corrected chi connectivity index (χ4v) is 12.3. The number of halogens is 6. The number of hydrogen-bond donors (Lipinski definition) is 1. The Morgan fingerprint density at radius 2 is 1.04 bits per heavy atom. The first-order chi connectivity index (χ1) is 39.5. The van der Waals surface area contributed by atoms with Gasteiger partial charge in [-0.05, 0) is 49.2 Å². The van der Waals surface area contributed by atoms with Crippen LogP contribution in [0, 0.1) is 23.3 Å². The maximum Gasteiger partial charge on any atom is 0.324 e. The number of rotatable bonds is 23. The molecule has 0 amide bonds. The van der Waals surface area contributed by atoms with Crippen molar-refractivity contribution in [3.8, 4) is 40.0 Å². The van der Waals surface area contributed by atoms with E-state index in [1.165, 1.54) is 37.6 Å². The molecule has 454 valence electrons. The van der Waals surface area contributed by atoms with Crippen LogP contribution >= 0.6 is 23.2 Å². The number of nitrogens with zero attached hydrogens (tertiary/aromatic N) is 10. The fraction of sp³-hybridized carbons (Fsp3) is 0.358. The van der Waals surface area contributed by atoms with Crippen molar-refractivity contribution < 1.29 is 62.1 Å². The summed E-state index contributed by atoms with van der Waals surface area (Å²) in [5, 5.41) is 18.8. The summed E-state index contributed by atoms with van der Waals surface area (Å²) >= 11 is 13.0. The van der Waals surface area contributed by atoms with Gasteiger partial charge in [0.15, 0.2) is 34.4 Å². The third-order valence-corrected chi connectivity index (χ3v) is 20.3. The van der Waals surface area contributed by atoms with Crippen molar-refractivity contribution in [3.63, 3.8) is 0 Å². The van der Waals surface area contributed by atoms with Crippen LogP contribution in [0.5, 0.6) is 17.5 Å². The number of sulfone groups is 1. The Bertz CT molecular complexity index is 3960. The van der Waals surface area contributed by atoms with E-state index in [9.17, 15) is 42.8 Å². The first-order valence-corrected chi connectivity index (χ1v) is 38.1. The van der Waals surface area contributed by atoms with E-state index in [1.807, 2.05) is 0 Å². The van der Waals surface area contributed by atoms with E-state index < -0.39 is 93.2 Å². The van der Waals surface area contributed by atoms with E-state index >= 15 is 0 Å². The van der Waals surface area contributed by atoms with E-state index in [-0.39, 0.29) is 47.9 Å². The molecule has 0 aliphatic carbocycles.